The minimum Gasteiger partial charge on any atom is -0.490 e. The Bertz CT molecular complexity index is 1240. The SMILES string of the molecule is CCOc1cc(/C=C2\C(=O)NC(=O)N(c3cccc([N+](=O)[O-])c3)C2=O)cc(Br)c1OCC(N)=O. The van der Waals surface area contributed by atoms with E-state index in [1.54, 1.807) is 6.92 Å². The molecule has 1 aliphatic rings. The van der Waals surface area contributed by atoms with E-state index in [0.29, 0.717) is 14.9 Å². The van der Waals surface area contributed by atoms with Gasteiger partial charge in [-0.25, -0.2) is 9.69 Å². The van der Waals surface area contributed by atoms with E-state index in [4.69, 9.17) is 15.2 Å². The Labute approximate surface area is 200 Å². The highest BCUT2D eigenvalue weighted by molar-refractivity contribution is 9.10. The van der Waals surface area contributed by atoms with E-state index in [0.717, 1.165) is 6.07 Å². The molecule has 176 valence electrons. The molecule has 1 fully saturated rings. The smallest absolute Gasteiger partial charge is 0.335 e. The molecule has 12 nitrogen and oxygen atoms in total. The first-order chi connectivity index (χ1) is 16.1. The predicted molar refractivity (Wildman–Crippen MR) is 122 cm³/mol. The van der Waals surface area contributed by atoms with Crippen molar-refractivity contribution in [2.75, 3.05) is 18.1 Å². The van der Waals surface area contributed by atoms with Gasteiger partial charge in [-0.1, -0.05) is 6.07 Å². The summed E-state index contributed by atoms with van der Waals surface area (Å²) in [6.07, 6.45) is 1.22. The molecule has 13 heteroatoms. The lowest BCUT2D eigenvalue weighted by Crippen LogP contribution is -2.54. The van der Waals surface area contributed by atoms with Gasteiger partial charge in [0.25, 0.3) is 23.4 Å². The number of halogens is 1. The Hall–Kier alpha value is -4.26. The number of amides is 5. The zero-order chi connectivity index (χ0) is 25.0. The van der Waals surface area contributed by atoms with Crippen molar-refractivity contribution in [3.05, 3.63) is 62.1 Å². The number of carbonyl (C=O) groups is 4. The number of hydrogen-bond acceptors (Lipinski definition) is 8. The third-order valence-electron chi connectivity index (χ3n) is 4.40. The number of hydrogen-bond donors (Lipinski definition) is 2. The summed E-state index contributed by atoms with van der Waals surface area (Å²) in [6.45, 7) is 1.56. The summed E-state index contributed by atoms with van der Waals surface area (Å²) in [4.78, 5) is 59.9. The van der Waals surface area contributed by atoms with Crippen molar-refractivity contribution in [3.63, 3.8) is 0 Å². The number of primary amides is 1. The first-order valence-corrected chi connectivity index (χ1v) is 10.4. The third kappa shape index (κ3) is 5.20. The van der Waals surface area contributed by atoms with Gasteiger partial charge in [0, 0.05) is 12.1 Å². The summed E-state index contributed by atoms with van der Waals surface area (Å²) in [7, 11) is 0. The fourth-order valence-corrected chi connectivity index (χ4v) is 3.60. The first kappa shape index (κ1) is 24.4. The lowest BCUT2D eigenvalue weighted by atomic mass is 10.1. The van der Waals surface area contributed by atoms with E-state index >= 15 is 0 Å². The van der Waals surface area contributed by atoms with Gasteiger partial charge in [-0.05, 0) is 52.7 Å². The van der Waals surface area contributed by atoms with Crippen LogP contribution in [0.4, 0.5) is 16.2 Å². The van der Waals surface area contributed by atoms with Crippen molar-refractivity contribution in [2.45, 2.75) is 6.92 Å². The van der Waals surface area contributed by atoms with Gasteiger partial charge in [0.1, 0.15) is 5.57 Å². The van der Waals surface area contributed by atoms with Gasteiger partial charge in [0.15, 0.2) is 18.1 Å². The van der Waals surface area contributed by atoms with Gasteiger partial charge in [0.2, 0.25) is 0 Å². The molecule has 0 atom stereocenters. The molecule has 0 aliphatic carbocycles. The van der Waals surface area contributed by atoms with E-state index in [9.17, 15) is 29.3 Å². The van der Waals surface area contributed by atoms with E-state index in [-0.39, 0.29) is 29.5 Å². The topological polar surface area (TPSA) is 171 Å². The maximum Gasteiger partial charge on any atom is 0.335 e. The van der Waals surface area contributed by atoms with Crippen LogP contribution in [-0.2, 0) is 14.4 Å². The number of carbonyl (C=O) groups excluding carboxylic acids is 4. The molecule has 0 radical (unpaired) electrons. The van der Waals surface area contributed by atoms with Gasteiger partial charge in [-0.3, -0.25) is 29.8 Å². The van der Waals surface area contributed by atoms with Crippen LogP contribution in [0.3, 0.4) is 0 Å². The van der Waals surface area contributed by atoms with Gasteiger partial charge in [-0.15, -0.1) is 0 Å². The summed E-state index contributed by atoms with van der Waals surface area (Å²) in [5.74, 6) is -2.22. The van der Waals surface area contributed by atoms with Crippen molar-refractivity contribution in [2.24, 2.45) is 5.73 Å². The summed E-state index contributed by atoms with van der Waals surface area (Å²) in [6, 6.07) is 6.80. The fraction of sp³-hybridized carbons (Fsp3) is 0.143. The van der Waals surface area contributed by atoms with Crippen LogP contribution in [-0.4, -0.2) is 41.9 Å². The highest BCUT2D eigenvalue weighted by Gasteiger charge is 2.37. The predicted octanol–water partition coefficient (Wildman–Crippen LogP) is 2.29. The Morgan fingerprint density at radius 3 is 2.62 bits per heavy atom. The van der Waals surface area contributed by atoms with Crippen molar-refractivity contribution >= 4 is 57.1 Å². The van der Waals surface area contributed by atoms with Gasteiger partial charge in [0.05, 0.1) is 21.7 Å². The second-order valence-electron chi connectivity index (χ2n) is 6.75. The summed E-state index contributed by atoms with van der Waals surface area (Å²) in [5, 5.41) is 13.1. The largest absolute Gasteiger partial charge is 0.490 e. The van der Waals surface area contributed by atoms with Gasteiger partial charge < -0.3 is 15.2 Å². The number of ether oxygens (including phenoxy) is 2. The van der Waals surface area contributed by atoms with Crippen LogP contribution in [0.2, 0.25) is 0 Å². The lowest BCUT2D eigenvalue weighted by Gasteiger charge is -2.26. The number of benzene rings is 2. The molecule has 0 aromatic heterocycles. The molecule has 3 rings (SSSR count). The zero-order valence-corrected chi connectivity index (χ0v) is 19.2. The van der Waals surface area contributed by atoms with Crippen molar-refractivity contribution in [1.82, 2.24) is 5.32 Å². The number of urea groups is 1. The number of anilines is 1. The van der Waals surface area contributed by atoms with Crippen LogP contribution in [0.25, 0.3) is 6.08 Å². The molecule has 0 saturated carbocycles. The molecule has 0 bridgehead atoms. The Kier molecular flexibility index (Phi) is 7.26. The summed E-state index contributed by atoms with van der Waals surface area (Å²) < 4.78 is 11.2. The van der Waals surface area contributed by atoms with Crippen LogP contribution < -0.4 is 25.4 Å². The molecule has 2 aromatic rings. The molecule has 5 amide bonds. The van der Waals surface area contributed by atoms with Crippen LogP contribution in [0.1, 0.15) is 12.5 Å². The van der Waals surface area contributed by atoms with Crippen molar-refractivity contribution < 1.29 is 33.6 Å². The maximum atomic E-state index is 13.1. The van der Waals surface area contributed by atoms with E-state index in [1.807, 2.05) is 5.32 Å². The highest BCUT2D eigenvalue weighted by Crippen LogP contribution is 2.38. The summed E-state index contributed by atoms with van der Waals surface area (Å²) >= 11 is 3.29. The van der Waals surface area contributed by atoms with Gasteiger partial charge >= 0.3 is 6.03 Å². The molecule has 2 aromatic carbocycles. The number of rotatable bonds is 8. The average molecular weight is 533 g/mol. The van der Waals surface area contributed by atoms with Crippen LogP contribution in [0.15, 0.2) is 46.4 Å². The van der Waals surface area contributed by atoms with Gasteiger partial charge in [-0.2, -0.15) is 0 Å². The fourth-order valence-electron chi connectivity index (χ4n) is 3.02. The standard InChI is InChI=1S/C21H17BrN4O8/c1-2-33-16-8-11(7-15(22)18(16)34-10-17(23)27)6-14-19(28)24-21(30)25(20(14)29)12-4-3-5-13(9-12)26(31)32/h3-9H,2,10H2,1H3,(H2,23,27)(H,24,28,30)/b14-6+. The molecular formula is C21H17BrN4O8. The molecule has 0 spiro atoms. The number of nitro benzene ring substituents is 1. The van der Waals surface area contributed by atoms with Crippen LogP contribution in [0.5, 0.6) is 11.5 Å². The number of non-ortho nitro benzene ring substituents is 1. The Morgan fingerprint density at radius 2 is 1.97 bits per heavy atom. The van der Waals surface area contributed by atoms with Crippen molar-refractivity contribution in [1.29, 1.82) is 0 Å². The number of nitro groups is 1. The zero-order valence-electron chi connectivity index (χ0n) is 17.6. The number of nitrogens with two attached hydrogens (primary N) is 1. The summed E-state index contributed by atoms with van der Waals surface area (Å²) in [5.41, 5.74) is 4.63. The molecule has 1 saturated heterocycles. The molecule has 3 N–H and O–H groups in total. The molecule has 0 unspecified atom stereocenters. The maximum absolute atomic E-state index is 13.1. The highest BCUT2D eigenvalue weighted by atomic mass is 79.9. The quantitative estimate of drug-likeness (QED) is 0.225. The Morgan fingerprint density at radius 1 is 1.24 bits per heavy atom. The van der Waals surface area contributed by atoms with E-state index < -0.39 is 40.9 Å². The lowest BCUT2D eigenvalue weighted by molar-refractivity contribution is -0.384. The minimum absolute atomic E-state index is 0.0820. The second-order valence-corrected chi connectivity index (χ2v) is 7.61. The van der Waals surface area contributed by atoms with Crippen LogP contribution >= 0.6 is 15.9 Å². The molecular weight excluding hydrogens is 516 g/mol. The van der Waals surface area contributed by atoms with Crippen LogP contribution in [0, 0.1) is 10.1 Å². The molecule has 34 heavy (non-hydrogen) atoms. The molecule has 1 heterocycles. The monoisotopic (exact) mass is 532 g/mol. The second kappa shape index (κ2) is 10.1. The number of nitrogens with one attached hydrogen (secondary N) is 1. The van der Waals surface area contributed by atoms with E-state index in [2.05, 4.69) is 15.9 Å². The van der Waals surface area contributed by atoms with E-state index in [1.165, 1.54) is 36.4 Å². The third-order valence-corrected chi connectivity index (χ3v) is 4.99. The molecule has 1 aliphatic heterocycles. The Balaban J connectivity index is 2.02. The number of barbiturate groups is 1. The number of nitrogens with zero attached hydrogens (tertiary/aromatic N) is 2. The number of imide groups is 2. The average Bonchev–Trinajstić information content (AvgIpc) is 2.76. The normalized spacial score (nSPS) is 14.7. The first-order valence-electron chi connectivity index (χ1n) is 9.65. The minimum atomic E-state index is -1.04. The van der Waals surface area contributed by atoms with Crippen molar-refractivity contribution in [3.8, 4) is 11.5 Å².